The van der Waals surface area contributed by atoms with Crippen molar-refractivity contribution in [1.82, 2.24) is 15.1 Å². The average molecular weight is 253 g/mol. The van der Waals surface area contributed by atoms with Gasteiger partial charge in [-0.15, -0.1) is 0 Å². The molecule has 5 heteroatoms. The third-order valence-corrected chi connectivity index (χ3v) is 3.55. The fraction of sp³-hybridized carbons (Fsp3) is 0.769. The summed E-state index contributed by atoms with van der Waals surface area (Å²) in [5, 5.41) is 17.9. The van der Waals surface area contributed by atoms with Gasteiger partial charge in [-0.2, -0.15) is 5.10 Å². The Balaban J connectivity index is 1.66. The first kappa shape index (κ1) is 13.5. The molecule has 0 bridgehead atoms. The summed E-state index contributed by atoms with van der Waals surface area (Å²) >= 11 is 0. The summed E-state index contributed by atoms with van der Waals surface area (Å²) in [4.78, 5) is 0. The van der Waals surface area contributed by atoms with Crippen LogP contribution < -0.4 is 5.32 Å². The van der Waals surface area contributed by atoms with E-state index in [1.54, 1.807) is 6.20 Å². The largest absolute Gasteiger partial charge is 0.388 e. The van der Waals surface area contributed by atoms with Crippen LogP contribution in [0.2, 0.25) is 0 Å². The molecule has 102 valence electrons. The summed E-state index contributed by atoms with van der Waals surface area (Å²) in [5.41, 5.74) is -0.585. The van der Waals surface area contributed by atoms with Crippen LogP contribution in [0, 0.1) is 0 Å². The molecule has 0 radical (unpaired) electrons. The second-order valence-electron chi connectivity index (χ2n) is 5.18. The van der Waals surface area contributed by atoms with Gasteiger partial charge in [-0.3, -0.25) is 4.68 Å². The highest BCUT2D eigenvalue weighted by atomic mass is 16.5. The molecule has 1 aromatic rings. The van der Waals surface area contributed by atoms with E-state index >= 15 is 0 Å². The monoisotopic (exact) mass is 253 g/mol. The molecule has 1 aliphatic heterocycles. The Morgan fingerprint density at radius 2 is 2.28 bits per heavy atom. The number of nitrogens with zero attached hydrogens (tertiary/aromatic N) is 2. The average Bonchev–Trinajstić information content (AvgIpc) is 2.88. The van der Waals surface area contributed by atoms with Gasteiger partial charge >= 0.3 is 0 Å². The number of nitrogens with one attached hydrogen (secondary N) is 1. The highest BCUT2D eigenvalue weighted by Crippen LogP contribution is 2.19. The zero-order valence-electron chi connectivity index (χ0n) is 11.0. The molecule has 0 unspecified atom stereocenters. The molecular weight excluding hydrogens is 230 g/mol. The van der Waals surface area contributed by atoms with Gasteiger partial charge in [0.05, 0.1) is 5.60 Å². The van der Waals surface area contributed by atoms with Crippen LogP contribution in [-0.4, -0.2) is 46.3 Å². The fourth-order valence-corrected chi connectivity index (χ4v) is 2.15. The van der Waals surface area contributed by atoms with Gasteiger partial charge in [-0.25, -0.2) is 0 Å². The maximum Gasteiger partial charge on any atom is 0.0815 e. The van der Waals surface area contributed by atoms with Crippen LogP contribution in [0.5, 0.6) is 0 Å². The van der Waals surface area contributed by atoms with Gasteiger partial charge in [0.25, 0.3) is 0 Å². The van der Waals surface area contributed by atoms with E-state index < -0.39 is 5.60 Å². The Hall–Kier alpha value is -0.910. The zero-order valence-corrected chi connectivity index (χ0v) is 11.0. The number of ether oxygens (including phenoxy) is 1. The first-order chi connectivity index (χ1) is 8.68. The molecule has 18 heavy (non-hydrogen) atoms. The minimum atomic E-state index is -0.585. The fourth-order valence-electron chi connectivity index (χ4n) is 2.15. The number of hydrogen-bond donors (Lipinski definition) is 2. The molecule has 2 heterocycles. The first-order valence-corrected chi connectivity index (χ1v) is 6.69. The quantitative estimate of drug-likeness (QED) is 0.787. The Labute approximate surface area is 108 Å². The third-order valence-electron chi connectivity index (χ3n) is 3.55. The molecule has 1 saturated heterocycles. The maximum atomic E-state index is 10.3. The first-order valence-electron chi connectivity index (χ1n) is 6.69. The molecule has 0 aliphatic carbocycles. The topological polar surface area (TPSA) is 59.3 Å². The predicted octanol–water partition coefficient (Wildman–Crippen LogP) is 0.793. The standard InChI is InChI=1S/C13H23N3O2/c1-12(3-8-16-7-2-6-15-16)14-11-13(17)4-9-18-10-5-13/h2,6-7,12,14,17H,3-5,8-11H2,1H3/t12-/m1/s1. The minimum absolute atomic E-state index is 0.376. The highest BCUT2D eigenvalue weighted by molar-refractivity contribution is 4.84. The number of aryl methyl sites for hydroxylation is 1. The van der Waals surface area contributed by atoms with Crippen LogP contribution in [0.3, 0.4) is 0 Å². The van der Waals surface area contributed by atoms with Crippen molar-refractivity contribution >= 4 is 0 Å². The molecule has 2 rings (SSSR count). The lowest BCUT2D eigenvalue weighted by atomic mass is 9.94. The van der Waals surface area contributed by atoms with E-state index in [9.17, 15) is 5.11 Å². The van der Waals surface area contributed by atoms with Crippen LogP contribution >= 0.6 is 0 Å². The summed E-state index contributed by atoms with van der Waals surface area (Å²) in [5.74, 6) is 0. The highest BCUT2D eigenvalue weighted by Gasteiger charge is 2.29. The van der Waals surface area contributed by atoms with E-state index in [0.29, 0.717) is 25.8 Å². The van der Waals surface area contributed by atoms with Gasteiger partial charge in [0, 0.05) is 57.6 Å². The summed E-state index contributed by atoms with van der Waals surface area (Å²) in [6.07, 6.45) is 6.23. The Bertz CT molecular complexity index is 334. The van der Waals surface area contributed by atoms with Crippen molar-refractivity contribution in [3.8, 4) is 0 Å². The summed E-state index contributed by atoms with van der Waals surface area (Å²) in [6.45, 7) is 5.03. The van der Waals surface area contributed by atoms with Crippen molar-refractivity contribution in [1.29, 1.82) is 0 Å². The molecule has 1 aromatic heterocycles. The third kappa shape index (κ3) is 4.08. The second kappa shape index (κ2) is 6.31. The van der Waals surface area contributed by atoms with Gasteiger partial charge in [0.1, 0.15) is 0 Å². The van der Waals surface area contributed by atoms with E-state index in [1.807, 2.05) is 16.9 Å². The number of hydrogen-bond acceptors (Lipinski definition) is 4. The molecule has 0 amide bonds. The van der Waals surface area contributed by atoms with E-state index in [1.165, 1.54) is 0 Å². The van der Waals surface area contributed by atoms with Gasteiger partial charge in [0.15, 0.2) is 0 Å². The lowest BCUT2D eigenvalue weighted by molar-refractivity contribution is -0.0626. The lowest BCUT2D eigenvalue weighted by Crippen LogP contribution is -2.47. The molecular formula is C13H23N3O2. The van der Waals surface area contributed by atoms with Gasteiger partial charge in [0.2, 0.25) is 0 Å². The number of aliphatic hydroxyl groups is 1. The normalized spacial score (nSPS) is 20.8. The molecule has 0 spiro atoms. The Kier molecular flexibility index (Phi) is 4.74. The SMILES string of the molecule is C[C@H](CCn1cccn1)NCC1(O)CCOCC1. The van der Waals surface area contributed by atoms with Crippen LogP contribution in [0.15, 0.2) is 18.5 Å². The molecule has 5 nitrogen and oxygen atoms in total. The van der Waals surface area contributed by atoms with Crippen LogP contribution in [0.1, 0.15) is 26.2 Å². The Morgan fingerprint density at radius 1 is 1.50 bits per heavy atom. The molecule has 0 aromatic carbocycles. The van der Waals surface area contributed by atoms with Crippen molar-refractivity contribution in [3.63, 3.8) is 0 Å². The predicted molar refractivity (Wildman–Crippen MR) is 69.3 cm³/mol. The van der Waals surface area contributed by atoms with E-state index in [2.05, 4.69) is 17.3 Å². The van der Waals surface area contributed by atoms with Gasteiger partial charge < -0.3 is 15.2 Å². The van der Waals surface area contributed by atoms with Crippen molar-refractivity contribution in [2.45, 2.75) is 44.4 Å². The van der Waals surface area contributed by atoms with Crippen molar-refractivity contribution in [3.05, 3.63) is 18.5 Å². The molecule has 2 N–H and O–H groups in total. The summed E-state index contributed by atoms with van der Waals surface area (Å²) in [6, 6.07) is 2.31. The molecule has 1 fully saturated rings. The van der Waals surface area contributed by atoms with E-state index in [-0.39, 0.29) is 0 Å². The minimum Gasteiger partial charge on any atom is -0.388 e. The van der Waals surface area contributed by atoms with Crippen molar-refractivity contribution in [2.75, 3.05) is 19.8 Å². The van der Waals surface area contributed by atoms with Gasteiger partial charge in [-0.05, 0) is 19.4 Å². The van der Waals surface area contributed by atoms with Gasteiger partial charge in [-0.1, -0.05) is 0 Å². The molecule has 1 atom stereocenters. The summed E-state index contributed by atoms with van der Waals surface area (Å²) in [7, 11) is 0. The summed E-state index contributed by atoms with van der Waals surface area (Å²) < 4.78 is 7.20. The van der Waals surface area contributed by atoms with Crippen molar-refractivity contribution in [2.24, 2.45) is 0 Å². The number of rotatable bonds is 6. The second-order valence-corrected chi connectivity index (χ2v) is 5.18. The van der Waals surface area contributed by atoms with E-state index in [0.717, 1.165) is 25.8 Å². The maximum absolute atomic E-state index is 10.3. The lowest BCUT2D eigenvalue weighted by Gasteiger charge is -2.33. The molecule has 0 saturated carbocycles. The van der Waals surface area contributed by atoms with Crippen LogP contribution in [0.4, 0.5) is 0 Å². The van der Waals surface area contributed by atoms with Crippen LogP contribution in [-0.2, 0) is 11.3 Å². The Morgan fingerprint density at radius 3 is 2.94 bits per heavy atom. The smallest absolute Gasteiger partial charge is 0.0815 e. The van der Waals surface area contributed by atoms with Crippen molar-refractivity contribution < 1.29 is 9.84 Å². The number of aromatic nitrogens is 2. The van der Waals surface area contributed by atoms with Crippen LogP contribution in [0.25, 0.3) is 0 Å². The molecule has 1 aliphatic rings. The van der Waals surface area contributed by atoms with E-state index in [4.69, 9.17) is 4.74 Å². The zero-order chi connectivity index (χ0) is 12.8.